The van der Waals surface area contributed by atoms with Gasteiger partial charge in [-0.25, -0.2) is 0 Å². The van der Waals surface area contributed by atoms with Crippen LogP contribution in [0.4, 0.5) is 0 Å². The molecule has 0 unspecified atom stereocenters. The van der Waals surface area contributed by atoms with Gasteiger partial charge < -0.3 is 18.9 Å². The Hall–Kier alpha value is -0.780. The van der Waals surface area contributed by atoms with Crippen LogP contribution in [-0.4, -0.2) is 27.1 Å². The molecule has 1 aromatic rings. The van der Waals surface area contributed by atoms with Crippen LogP contribution < -0.4 is 9.47 Å². The third kappa shape index (κ3) is 3.84. The van der Waals surface area contributed by atoms with Crippen molar-refractivity contribution in [1.29, 1.82) is 0 Å². The minimum atomic E-state index is -0.104. The van der Waals surface area contributed by atoms with Crippen LogP contribution in [-0.2, 0) is 16.1 Å². The van der Waals surface area contributed by atoms with E-state index in [-0.39, 0.29) is 6.29 Å². The lowest BCUT2D eigenvalue weighted by atomic mass is 10.2. The topological polar surface area (TPSA) is 36.9 Å². The second kappa shape index (κ2) is 7.12. The van der Waals surface area contributed by atoms with Crippen molar-refractivity contribution in [3.05, 3.63) is 22.2 Å². The van der Waals surface area contributed by atoms with Crippen LogP contribution in [0.25, 0.3) is 0 Å². The van der Waals surface area contributed by atoms with Crippen LogP contribution in [0.3, 0.4) is 0 Å². The molecule has 5 heteroatoms. The lowest BCUT2D eigenvalue weighted by Crippen LogP contribution is -2.22. The minimum absolute atomic E-state index is 0.104. The standard InChI is InChI=1S/C14H19BrO4/c1-16-12-8-11(15)13(17-2)7-10(12)9-19-14-5-3-4-6-18-14/h7-8,14H,3-6,9H2,1-2H3/t14-/m0/s1. The smallest absolute Gasteiger partial charge is 0.158 e. The molecule has 2 rings (SSSR count). The van der Waals surface area contributed by atoms with Crippen LogP contribution in [0.1, 0.15) is 24.8 Å². The van der Waals surface area contributed by atoms with Gasteiger partial charge in [-0.05, 0) is 47.3 Å². The number of methoxy groups -OCH3 is 2. The summed E-state index contributed by atoms with van der Waals surface area (Å²) in [5.41, 5.74) is 0.955. The summed E-state index contributed by atoms with van der Waals surface area (Å²) in [6.07, 6.45) is 3.13. The second-order valence-electron chi connectivity index (χ2n) is 4.41. The van der Waals surface area contributed by atoms with Crippen molar-refractivity contribution < 1.29 is 18.9 Å². The molecular formula is C14H19BrO4. The van der Waals surface area contributed by atoms with Crippen molar-refractivity contribution >= 4 is 15.9 Å². The molecule has 0 amide bonds. The van der Waals surface area contributed by atoms with Crippen LogP contribution in [0.2, 0.25) is 0 Å². The summed E-state index contributed by atoms with van der Waals surface area (Å²) < 4.78 is 22.8. The maximum absolute atomic E-state index is 5.78. The largest absolute Gasteiger partial charge is 0.496 e. The van der Waals surface area contributed by atoms with E-state index < -0.39 is 0 Å². The fourth-order valence-electron chi connectivity index (χ4n) is 2.06. The Morgan fingerprint density at radius 1 is 1.21 bits per heavy atom. The number of ether oxygens (including phenoxy) is 4. The van der Waals surface area contributed by atoms with E-state index in [1.165, 1.54) is 0 Å². The zero-order valence-corrected chi connectivity index (χ0v) is 12.9. The molecule has 1 aromatic carbocycles. The molecule has 1 fully saturated rings. The van der Waals surface area contributed by atoms with E-state index >= 15 is 0 Å². The molecule has 19 heavy (non-hydrogen) atoms. The van der Waals surface area contributed by atoms with Gasteiger partial charge in [-0.2, -0.15) is 0 Å². The molecule has 4 nitrogen and oxygen atoms in total. The van der Waals surface area contributed by atoms with E-state index in [9.17, 15) is 0 Å². The zero-order valence-electron chi connectivity index (χ0n) is 11.3. The first-order valence-corrected chi connectivity index (χ1v) is 7.17. The first-order valence-electron chi connectivity index (χ1n) is 6.38. The van der Waals surface area contributed by atoms with Crippen LogP contribution >= 0.6 is 15.9 Å². The van der Waals surface area contributed by atoms with Crippen molar-refractivity contribution in [2.24, 2.45) is 0 Å². The maximum atomic E-state index is 5.78. The normalized spacial score (nSPS) is 19.2. The monoisotopic (exact) mass is 330 g/mol. The highest BCUT2D eigenvalue weighted by atomic mass is 79.9. The average Bonchev–Trinajstić information content (AvgIpc) is 2.46. The van der Waals surface area contributed by atoms with E-state index in [0.29, 0.717) is 6.61 Å². The van der Waals surface area contributed by atoms with Crippen molar-refractivity contribution in [1.82, 2.24) is 0 Å². The summed E-state index contributed by atoms with van der Waals surface area (Å²) in [6, 6.07) is 3.81. The first kappa shape index (κ1) is 14.6. The summed E-state index contributed by atoms with van der Waals surface area (Å²) in [7, 11) is 3.29. The van der Waals surface area contributed by atoms with Crippen LogP contribution in [0, 0.1) is 0 Å². The minimum Gasteiger partial charge on any atom is -0.496 e. The van der Waals surface area contributed by atoms with Gasteiger partial charge in [0.05, 0.1) is 25.3 Å². The quantitative estimate of drug-likeness (QED) is 0.827. The summed E-state index contributed by atoms with van der Waals surface area (Å²) in [5.74, 6) is 1.55. The summed E-state index contributed by atoms with van der Waals surface area (Å²) >= 11 is 3.44. The summed E-state index contributed by atoms with van der Waals surface area (Å²) in [4.78, 5) is 0. The van der Waals surface area contributed by atoms with Gasteiger partial charge in [0.25, 0.3) is 0 Å². The SMILES string of the molecule is COc1cc(CO[C@H]2CCCCO2)c(OC)cc1Br. The third-order valence-corrected chi connectivity index (χ3v) is 3.74. The van der Waals surface area contributed by atoms with Gasteiger partial charge in [0.2, 0.25) is 0 Å². The molecule has 0 aliphatic carbocycles. The molecular weight excluding hydrogens is 312 g/mol. The van der Waals surface area contributed by atoms with Crippen molar-refractivity contribution in [2.45, 2.75) is 32.2 Å². The Morgan fingerprint density at radius 3 is 2.63 bits per heavy atom. The molecule has 1 atom stereocenters. The van der Waals surface area contributed by atoms with E-state index in [4.69, 9.17) is 18.9 Å². The van der Waals surface area contributed by atoms with Gasteiger partial charge in [-0.1, -0.05) is 0 Å². The van der Waals surface area contributed by atoms with Crippen molar-refractivity contribution in [3.63, 3.8) is 0 Å². The first-order chi connectivity index (χ1) is 9.24. The maximum Gasteiger partial charge on any atom is 0.158 e. The Balaban J connectivity index is 2.05. The second-order valence-corrected chi connectivity index (χ2v) is 5.26. The zero-order chi connectivity index (χ0) is 13.7. The Kier molecular flexibility index (Phi) is 5.48. The van der Waals surface area contributed by atoms with Crippen molar-refractivity contribution in [3.8, 4) is 11.5 Å². The summed E-state index contributed by atoms with van der Waals surface area (Å²) in [6.45, 7) is 1.24. The Labute approximate surface area is 122 Å². The Morgan fingerprint density at radius 2 is 2.00 bits per heavy atom. The van der Waals surface area contributed by atoms with Gasteiger partial charge in [0.15, 0.2) is 6.29 Å². The van der Waals surface area contributed by atoms with Crippen molar-refractivity contribution in [2.75, 3.05) is 20.8 Å². The molecule has 0 radical (unpaired) electrons. The molecule has 1 aliphatic rings. The lowest BCUT2D eigenvalue weighted by molar-refractivity contribution is -0.169. The van der Waals surface area contributed by atoms with Crippen LogP contribution in [0.5, 0.6) is 11.5 Å². The molecule has 0 aromatic heterocycles. The molecule has 0 bridgehead atoms. The molecule has 1 heterocycles. The van der Waals surface area contributed by atoms with E-state index in [2.05, 4.69) is 15.9 Å². The van der Waals surface area contributed by atoms with Gasteiger partial charge in [-0.3, -0.25) is 0 Å². The van der Waals surface area contributed by atoms with Gasteiger partial charge >= 0.3 is 0 Å². The molecule has 0 N–H and O–H groups in total. The number of hydrogen-bond acceptors (Lipinski definition) is 4. The number of halogens is 1. The predicted octanol–water partition coefficient (Wildman–Crippen LogP) is 3.51. The lowest BCUT2D eigenvalue weighted by Gasteiger charge is -2.23. The molecule has 0 saturated carbocycles. The Bertz CT molecular complexity index is 416. The predicted molar refractivity (Wildman–Crippen MR) is 75.6 cm³/mol. The van der Waals surface area contributed by atoms with Gasteiger partial charge in [-0.15, -0.1) is 0 Å². The highest BCUT2D eigenvalue weighted by molar-refractivity contribution is 9.10. The van der Waals surface area contributed by atoms with E-state index in [0.717, 1.165) is 47.4 Å². The highest BCUT2D eigenvalue weighted by Crippen LogP contribution is 2.33. The fourth-order valence-corrected chi connectivity index (χ4v) is 2.55. The highest BCUT2D eigenvalue weighted by Gasteiger charge is 2.16. The molecule has 106 valence electrons. The van der Waals surface area contributed by atoms with Gasteiger partial charge in [0, 0.05) is 12.2 Å². The third-order valence-electron chi connectivity index (χ3n) is 3.12. The van der Waals surface area contributed by atoms with E-state index in [1.54, 1.807) is 14.2 Å². The number of hydrogen-bond donors (Lipinski definition) is 0. The number of benzene rings is 1. The molecule has 1 saturated heterocycles. The molecule has 0 spiro atoms. The van der Waals surface area contributed by atoms with Gasteiger partial charge in [0.1, 0.15) is 11.5 Å². The molecule has 1 aliphatic heterocycles. The number of rotatable bonds is 5. The average molecular weight is 331 g/mol. The van der Waals surface area contributed by atoms with E-state index in [1.807, 2.05) is 12.1 Å². The van der Waals surface area contributed by atoms with Crippen LogP contribution in [0.15, 0.2) is 16.6 Å². The summed E-state index contributed by atoms with van der Waals surface area (Å²) in [5, 5.41) is 0. The fraction of sp³-hybridized carbons (Fsp3) is 0.571.